The summed E-state index contributed by atoms with van der Waals surface area (Å²) in [5.41, 5.74) is -0.219. The Hall–Kier alpha value is -1.71. The highest BCUT2D eigenvalue weighted by Gasteiger charge is 2.70. The molecule has 0 spiro atoms. The number of allylic oxidation sites excluding steroid dienone is 2. The summed E-state index contributed by atoms with van der Waals surface area (Å²) in [6.07, 6.45) is -31.1. The third-order valence-electron chi connectivity index (χ3n) is 23.1. The monoisotopic (exact) mass is 1200 g/mol. The van der Waals surface area contributed by atoms with E-state index in [1.807, 2.05) is 0 Å². The topological polar surface area (TPSA) is 393 Å². The maximum atomic E-state index is 13.2. The zero-order chi connectivity index (χ0) is 61.3. The van der Waals surface area contributed by atoms with Crippen LogP contribution in [0.5, 0.6) is 0 Å². The van der Waals surface area contributed by atoms with Gasteiger partial charge in [-0.15, -0.1) is 0 Å². The summed E-state index contributed by atoms with van der Waals surface area (Å²) < 4.78 is 60.9. The van der Waals surface area contributed by atoms with E-state index in [-0.39, 0.29) is 40.1 Å². The van der Waals surface area contributed by atoms with Gasteiger partial charge in [-0.05, 0) is 123 Å². The lowest BCUT2D eigenvalue weighted by molar-refractivity contribution is -0.403. The van der Waals surface area contributed by atoms with Crippen LogP contribution in [0.2, 0.25) is 0 Å². The number of ether oxygens (including phenoxy) is 10. The average molecular weight is 1210 g/mol. The molecule has 5 aliphatic heterocycles. The smallest absolute Gasteiger partial charge is 0.310 e. The number of hydrogen-bond donors (Lipinski definition) is 14. The van der Waals surface area contributed by atoms with Crippen LogP contribution < -0.4 is 0 Å². The number of carboxylic acids is 1. The number of carboxylic acid groups (broad SMARTS) is 1. The first-order valence-corrected chi connectivity index (χ1v) is 30.5. The van der Waals surface area contributed by atoms with E-state index in [2.05, 4.69) is 54.5 Å². The second-order valence-electron chi connectivity index (χ2n) is 28.6. The molecule has 14 N–H and O–H groups in total. The fraction of sp³-hybridized carbons (Fsp3) is 0.949. The van der Waals surface area contributed by atoms with Crippen LogP contribution in [0.15, 0.2) is 11.6 Å². The molecule has 0 aromatic heterocycles. The summed E-state index contributed by atoms with van der Waals surface area (Å²) in [5.74, 6) is -0.205. The van der Waals surface area contributed by atoms with Gasteiger partial charge in [-0.25, -0.2) is 0 Å². The second-order valence-corrected chi connectivity index (χ2v) is 28.6. The Morgan fingerprint density at radius 1 is 0.536 bits per heavy atom. The molecule has 32 unspecified atom stereocenters. The Bertz CT molecular complexity index is 2340. The number of aliphatic hydroxyl groups excluding tert-OH is 13. The SMILES string of the molecule is CC1OC(OC2C(O)C(OC3C(O)C(C)OC(OC4C(OC5CCC6(C)C(CCC7(C)C6CC=C6C8CC(C)(C)CCC8(C(=O)O)CCC67C)C5(C)C)OCC(O)C4O)C3O)OC(CO)C2OC2OC(CO)C(O)C(O)C2O)C(O)C(O)C1O. The Labute approximate surface area is 490 Å². The van der Waals surface area contributed by atoms with Crippen LogP contribution >= 0.6 is 0 Å². The number of aliphatic hydroxyl groups is 13. The van der Waals surface area contributed by atoms with Crippen molar-refractivity contribution >= 4 is 5.97 Å². The molecule has 0 amide bonds. The molecule has 4 saturated carbocycles. The Morgan fingerprint density at radius 2 is 1.08 bits per heavy atom. The summed E-state index contributed by atoms with van der Waals surface area (Å²) in [7, 11) is 0. The molecule has 9 fully saturated rings. The summed E-state index contributed by atoms with van der Waals surface area (Å²) in [5, 5.41) is 154. The van der Waals surface area contributed by atoms with Gasteiger partial charge in [0.05, 0.1) is 43.5 Å². The van der Waals surface area contributed by atoms with Crippen molar-refractivity contribution < 1.29 is 124 Å². The first kappa shape index (κ1) is 65.2. The molecule has 0 bridgehead atoms. The van der Waals surface area contributed by atoms with Crippen molar-refractivity contribution in [1.82, 2.24) is 0 Å². The van der Waals surface area contributed by atoms with E-state index in [0.29, 0.717) is 25.2 Å². The van der Waals surface area contributed by atoms with Crippen LogP contribution in [0.3, 0.4) is 0 Å². The third kappa shape index (κ3) is 10.8. The van der Waals surface area contributed by atoms with Gasteiger partial charge < -0.3 is 119 Å². The van der Waals surface area contributed by atoms with E-state index in [1.54, 1.807) is 0 Å². The fourth-order valence-electron chi connectivity index (χ4n) is 17.7. The van der Waals surface area contributed by atoms with Crippen molar-refractivity contribution in [2.45, 2.75) is 280 Å². The van der Waals surface area contributed by atoms with Gasteiger partial charge in [-0.1, -0.05) is 60.1 Å². The Kier molecular flexibility index (Phi) is 18.5. The molecule has 84 heavy (non-hydrogen) atoms. The Balaban J connectivity index is 0.859. The van der Waals surface area contributed by atoms with Crippen molar-refractivity contribution in [3.8, 4) is 0 Å². The van der Waals surface area contributed by atoms with Crippen molar-refractivity contribution in [2.75, 3.05) is 19.8 Å². The van der Waals surface area contributed by atoms with E-state index >= 15 is 0 Å². The van der Waals surface area contributed by atoms with Crippen LogP contribution in [-0.2, 0) is 52.2 Å². The zero-order valence-electron chi connectivity index (χ0n) is 49.7. The van der Waals surface area contributed by atoms with Crippen LogP contribution in [0, 0.1) is 50.2 Å². The molecule has 10 rings (SSSR count). The minimum Gasteiger partial charge on any atom is -0.481 e. The predicted molar refractivity (Wildman–Crippen MR) is 287 cm³/mol. The van der Waals surface area contributed by atoms with E-state index < -0.39 is 184 Å². The number of carbonyl (C=O) groups is 1. The first-order chi connectivity index (χ1) is 39.3. The Morgan fingerprint density at radius 3 is 1.74 bits per heavy atom. The lowest BCUT2D eigenvalue weighted by atomic mass is 9.33. The summed E-state index contributed by atoms with van der Waals surface area (Å²) in [6.45, 7) is 16.9. The molecular weight excluding hydrogens is 1110 g/mol. The fourth-order valence-corrected chi connectivity index (χ4v) is 17.7. The molecule has 0 aromatic rings. The number of hydrogen-bond acceptors (Lipinski definition) is 24. The molecule has 5 aliphatic carbocycles. The minimum absolute atomic E-state index is 0.0108. The third-order valence-corrected chi connectivity index (χ3v) is 23.1. The summed E-state index contributed by atoms with van der Waals surface area (Å²) in [6, 6.07) is 0. The molecule has 0 radical (unpaired) electrons. The lowest BCUT2D eigenvalue weighted by Crippen LogP contribution is -2.68. The van der Waals surface area contributed by atoms with Gasteiger partial charge in [-0.2, -0.15) is 0 Å². The maximum absolute atomic E-state index is 13.2. The molecule has 25 heteroatoms. The quantitative estimate of drug-likeness (QED) is 0.0781. The normalized spacial score (nSPS) is 54.7. The number of rotatable bonds is 13. The zero-order valence-corrected chi connectivity index (χ0v) is 49.7. The molecule has 5 heterocycles. The molecule has 482 valence electrons. The van der Waals surface area contributed by atoms with Crippen molar-refractivity contribution in [3.05, 3.63) is 11.6 Å². The highest BCUT2D eigenvalue weighted by Crippen LogP contribution is 2.76. The van der Waals surface area contributed by atoms with Crippen LogP contribution in [0.1, 0.15) is 127 Å². The summed E-state index contributed by atoms with van der Waals surface area (Å²) >= 11 is 0. The molecular formula is C59H96O25. The van der Waals surface area contributed by atoms with Gasteiger partial charge in [0.1, 0.15) is 104 Å². The second kappa shape index (κ2) is 23.8. The summed E-state index contributed by atoms with van der Waals surface area (Å²) in [4.78, 5) is 13.2. The number of aliphatic carboxylic acids is 1. The van der Waals surface area contributed by atoms with Crippen molar-refractivity contribution in [2.24, 2.45) is 50.2 Å². The van der Waals surface area contributed by atoms with Gasteiger partial charge in [0.2, 0.25) is 0 Å². The van der Waals surface area contributed by atoms with Crippen LogP contribution in [0.4, 0.5) is 0 Å². The van der Waals surface area contributed by atoms with E-state index in [1.165, 1.54) is 19.4 Å². The van der Waals surface area contributed by atoms with Crippen molar-refractivity contribution in [1.29, 1.82) is 0 Å². The van der Waals surface area contributed by atoms with E-state index in [0.717, 1.165) is 44.9 Å². The molecule has 5 saturated heterocycles. The average Bonchev–Trinajstić information content (AvgIpc) is 0.688. The van der Waals surface area contributed by atoms with Gasteiger partial charge in [0.25, 0.3) is 0 Å². The molecule has 32 atom stereocenters. The van der Waals surface area contributed by atoms with Crippen LogP contribution in [0.25, 0.3) is 0 Å². The molecule has 0 aromatic carbocycles. The minimum atomic E-state index is -2.11. The van der Waals surface area contributed by atoms with E-state index in [4.69, 9.17) is 47.4 Å². The van der Waals surface area contributed by atoms with Gasteiger partial charge >= 0.3 is 5.97 Å². The van der Waals surface area contributed by atoms with Gasteiger partial charge in [0, 0.05) is 0 Å². The number of fused-ring (bicyclic) bond motifs is 7. The highest BCUT2D eigenvalue weighted by molar-refractivity contribution is 5.76. The van der Waals surface area contributed by atoms with E-state index in [9.17, 15) is 76.3 Å². The standard InChI is InChI=1S/C59H96O25/c1-24-34(63)38(67)40(69)48(76-24)83-46-43(72)51(79-30(22-61)44(46)81-49-41(70)39(68)37(66)29(21-60)78-49)82-45-35(64)25(2)77-50(42(45)71)84-47-36(65)28(62)23-75-52(47)80-33-13-14-56(7)31(55(33,5)6)12-15-58(9)32(56)11-10-26-27-20-54(3,4)16-18-59(27,53(73)74)19-17-57(26,58)8/h10,24-25,27-52,60-72H,11-23H2,1-9H3,(H,73,74). The molecule has 10 aliphatic rings. The predicted octanol–water partition coefficient (Wildman–Crippen LogP) is -0.951. The molecule has 25 nitrogen and oxygen atoms in total. The first-order valence-electron chi connectivity index (χ1n) is 30.5. The largest absolute Gasteiger partial charge is 0.481 e. The maximum Gasteiger partial charge on any atom is 0.310 e. The van der Waals surface area contributed by atoms with Gasteiger partial charge in [-0.3, -0.25) is 4.79 Å². The highest BCUT2D eigenvalue weighted by atomic mass is 16.8. The van der Waals surface area contributed by atoms with Crippen molar-refractivity contribution in [3.63, 3.8) is 0 Å². The van der Waals surface area contributed by atoms with Gasteiger partial charge in [0.15, 0.2) is 31.5 Å². The van der Waals surface area contributed by atoms with Crippen LogP contribution in [-0.4, -0.2) is 251 Å². The lowest BCUT2D eigenvalue weighted by Gasteiger charge is -2.71.